The topological polar surface area (TPSA) is 65.4 Å². The van der Waals surface area contributed by atoms with Crippen LogP contribution < -0.4 is 5.32 Å². The van der Waals surface area contributed by atoms with Crippen LogP contribution in [0.2, 0.25) is 0 Å². The highest BCUT2D eigenvalue weighted by molar-refractivity contribution is 5.91. The van der Waals surface area contributed by atoms with Crippen molar-refractivity contribution in [3.8, 4) is 0 Å². The molecule has 23 heavy (non-hydrogen) atoms. The third-order valence-electron chi connectivity index (χ3n) is 5.12. The molecule has 0 aromatic carbocycles. The molecule has 3 heterocycles. The Morgan fingerprint density at radius 3 is 2.78 bits per heavy atom. The standard InChI is InChI=1S/C17H27N3O3/c1-12(13-5-8-22-9-6-13)17(21)18-16-10-15(19-20(16)2)14-4-3-7-23-11-14/h10,12-14H,3-9,11H2,1-2H3,(H,18,21)/t12-,14-/m1/s1. The molecule has 6 heteroatoms. The van der Waals surface area contributed by atoms with Crippen LogP contribution in [0.5, 0.6) is 0 Å². The van der Waals surface area contributed by atoms with Crippen molar-refractivity contribution in [1.29, 1.82) is 0 Å². The highest BCUT2D eigenvalue weighted by atomic mass is 16.5. The average molecular weight is 321 g/mol. The van der Waals surface area contributed by atoms with Crippen molar-refractivity contribution in [3.05, 3.63) is 11.8 Å². The summed E-state index contributed by atoms with van der Waals surface area (Å²) in [6, 6.07) is 1.99. The molecule has 1 amide bonds. The van der Waals surface area contributed by atoms with Gasteiger partial charge in [-0.1, -0.05) is 6.92 Å². The monoisotopic (exact) mass is 321 g/mol. The number of amides is 1. The molecule has 2 saturated heterocycles. The number of aryl methyl sites for hydroxylation is 1. The first kappa shape index (κ1) is 16.5. The molecule has 0 spiro atoms. The van der Waals surface area contributed by atoms with E-state index in [0.717, 1.165) is 63.6 Å². The first-order valence-corrected chi connectivity index (χ1v) is 8.65. The Kier molecular flexibility index (Phi) is 5.33. The maximum absolute atomic E-state index is 12.5. The molecule has 0 aliphatic carbocycles. The number of nitrogens with one attached hydrogen (secondary N) is 1. The van der Waals surface area contributed by atoms with Crippen LogP contribution in [-0.4, -0.2) is 42.1 Å². The third kappa shape index (κ3) is 3.93. The van der Waals surface area contributed by atoms with E-state index in [0.29, 0.717) is 11.8 Å². The lowest BCUT2D eigenvalue weighted by Crippen LogP contribution is -2.31. The normalized spacial score (nSPS) is 24.3. The summed E-state index contributed by atoms with van der Waals surface area (Å²) in [6.45, 7) is 5.11. The highest BCUT2D eigenvalue weighted by Crippen LogP contribution is 2.28. The first-order valence-electron chi connectivity index (χ1n) is 8.65. The van der Waals surface area contributed by atoms with Gasteiger partial charge >= 0.3 is 0 Å². The molecular formula is C17H27N3O3. The number of rotatable bonds is 4. The minimum Gasteiger partial charge on any atom is -0.381 e. The largest absolute Gasteiger partial charge is 0.381 e. The molecule has 2 atom stereocenters. The smallest absolute Gasteiger partial charge is 0.228 e. The van der Waals surface area contributed by atoms with E-state index in [9.17, 15) is 4.79 Å². The second-order valence-electron chi connectivity index (χ2n) is 6.72. The van der Waals surface area contributed by atoms with E-state index in [-0.39, 0.29) is 11.8 Å². The van der Waals surface area contributed by atoms with Crippen LogP contribution >= 0.6 is 0 Å². The van der Waals surface area contributed by atoms with Crippen LogP contribution in [0.25, 0.3) is 0 Å². The SMILES string of the molecule is C[C@@H](C(=O)Nc1cc([C@@H]2CCCOC2)nn1C)C1CCOCC1. The Hall–Kier alpha value is -1.40. The van der Waals surface area contributed by atoms with E-state index in [2.05, 4.69) is 10.4 Å². The zero-order valence-corrected chi connectivity index (χ0v) is 14.1. The predicted octanol–water partition coefficient (Wildman–Crippen LogP) is 2.32. The van der Waals surface area contributed by atoms with Gasteiger partial charge in [-0.3, -0.25) is 9.48 Å². The number of anilines is 1. The fraction of sp³-hybridized carbons (Fsp3) is 0.765. The fourth-order valence-electron chi connectivity index (χ4n) is 3.45. The van der Waals surface area contributed by atoms with Gasteiger partial charge in [0.05, 0.1) is 12.3 Å². The fourth-order valence-corrected chi connectivity index (χ4v) is 3.45. The lowest BCUT2D eigenvalue weighted by molar-refractivity contribution is -0.122. The number of carbonyl (C=O) groups excluding carboxylic acids is 1. The molecule has 2 fully saturated rings. The zero-order chi connectivity index (χ0) is 16.2. The molecule has 1 aromatic rings. The van der Waals surface area contributed by atoms with Gasteiger partial charge in [-0.15, -0.1) is 0 Å². The van der Waals surface area contributed by atoms with Crippen molar-refractivity contribution >= 4 is 11.7 Å². The van der Waals surface area contributed by atoms with E-state index >= 15 is 0 Å². The lowest BCUT2D eigenvalue weighted by atomic mass is 9.87. The van der Waals surface area contributed by atoms with Crippen LogP contribution in [0.15, 0.2) is 6.07 Å². The van der Waals surface area contributed by atoms with Gasteiger partial charge in [-0.2, -0.15) is 5.10 Å². The van der Waals surface area contributed by atoms with Crippen LogP contribution in [0, 0.1) is 11.8 Å². The summed E-state index contributed by atoms with van der Waals surface area (Å²) in [4.78, 5) is 12.5. The van der Waals surface area contributed by atoms with Crippen molar-refractivity contribution in [2.75, 3.05) is 31.7 Å². The average Bonchev–Trinajstić information content (AvgIpc) is 2.96. The Balaban J connectivity index is 1.62. The summed E-state index contributed by atoms with van der Waals surface area (Å²) in [6.07, 6.45) is 4.10. The quantitative estimate of drug-likeness (QED) is 0.924. The first-order chi connectivity index (χ1) is 11.1. The number of hydrogen-bond acceptors (Lipinski definition) is 4. The van der Waals surface area contributed by atoms with Crippen molar-refractivity contribution in [2.45, 2.75) is 38.5 Å². The highest BCUT2D eigenvalue weighted by Gasteiger charge is 2.27. The molecule has 2 aliphatic heterocycles. The molecular weight excluding hydrogens is 294 g/mol. The van der Waals surface area contributed by atoms with Gasteiger partial charge in [0.25, 0.3) is 0 Å². The van der Waals surface area contributed by atoms with Gasteiger partial charge in [0, 0.05) is 44.8 Å². The number of ether oxygens (including phenoxy) is 2. The molecule has 1 N–H and O–H groups in total. The summed E-state index contributed by atoms with van der Waals surface area (Å²) >= 11 is 0. The number of hydrogen-bond donors (Lipinski definition) is 1. The van der Waals surface area contributed by atoms with Crippen molar-refractivity contribution < 1.29 is 14.3 Å². The van der Waals surface area contributed by atoms with E-state index in [1.807, 2.05) is 20.0 Å². The maximum Gasteiger partial charge on any atom is 0.228 e. The molecule has 0 unspecified atom stereocenters. The summed E-state index contributed by atoms with van der Waals surface area (Å²) in [5.41, 5.74) is 1.02. The molecule has 0 bridgehead atoms. The van der Waals surface area contributed by atoms with E-state index in [1.165, 1.54) is 0 Å². The van der Waals surface area contributed by atoms with Gasteiger partial charge in [0.15, 0.2) is 0 Å². The Bertz CT molecular complexity index is 531. The maximum atomic E-state index is 12.5. The van der Waals surface area contributed by atoms with Crippen LogP contribution in [0.3, 0.4) is 0 Å². The summed E-state index contributed by atoms with van der Waals surface area (Å²) < 4.78 is 12.7. The van der Waals surface area contributed by atoms with Gasteiger partial charge in [0.1, 0.15) is 5.82 Å². The van der Waals surface area contributed by atoms with Crippen LogP contribution in [-0.2, 0) is 21.3 Å². The Labute approximate surface area is 137 Å². The molecule has 3 rings (SSSR count). The number of aromatic nitrogens is 2. The lowest BCUT2D eigenvalue weighted by Gasteiger charge is -2.26. The third-order valence-corrected chi connectivity index (χ3v) is 5.12. The summed E-state index contributed by atoms with van der Waals surface area (Å²) in [5.74, 6) is 1.59. The van der Waals surface area contributed by atoms with Gasteiger partial charge in [-0.25, -0.2) is 0 Å². The molecule has 2 aliphatic rings. The molecule has 0 saturated carbocycles. The van der Waals surface area contributed by atoms with Gasteiger partial charge in [0.2, 0.25) is 5.91 Å². The van der Waals surface area contributed by atoms with E-state index < -0.39 is 0 Å². The minimum atomic E-state index is -0.00439. The predicted molar refractivity (Wildman–Crippen MR) is 87.3 cm³/mol. The van der Waals surface area contributed by atoms with E-state index in [1.54, 1.807) is 4.68 Å². The van der Waals surface area contributed by atoms with Crippen LogP contribution in [0.1, 0.15) is 44.2 Å². The van der Waals surface area contributed by atoms with Crippen molar-refractivity contribution in [3.63, 3.8) is 0 Å². The molecule has 6 nitrogen and oxygen atoms in total. The van der Waals surface area contributed by atoms with Gasteiger partial charge in [-0.05, 0) is 31.6 Å². The molecule has 0 radical (unpaired) electrons. The van der Waals surface area contributed by atoms with Crippen LogP contribution in [0.4, 0.5) is 5.82 Å². The van der Waals surface area contributed by atoms with Crippen molar-refractivity contribution in [1.82, 2.24) is 9.78 Å². The zero-order valence-electron chi connectivity index (χ0n) is 14.1. The summed E-state index contributed by atoms with van der Waals surface area (Å²) in [5, 5.41) is 7.61. The second kappa shape index (κ2) is 7.45. The Morgan fingerprint density at radius 1 is 1.30 bits per heavy atom. The molecule has 1 aromatic heterocycles. The number of carbonyl (C=O) groups is 1. The molecule has 128 valence electrons. The number of nitrogens with zero attached hydrogens (tertiary/aromatic N) is 2. The van der Waals surface area contributed by atoms with Crippen molar-refractivity contribution in [2.24, 2.45) is 18.9 Å². The summed E-state index contributed by atoms with van der Waals surface area (Å²) in [7, 11) is 1.88. The van der Waals surface area contributed by atoms with Gasteiger partial charge < -0.3 is 14.8 Å². The van der Waals surface area contributed by atoms with E-state index in [4.69, 9.17) is 9.47 Å². The second-order valence-corrected chi connectivity index (χ2v) is 6.72. The minimum absolute atomic E-state index is 0.00439. The Morgan fingerprint density at radius 2 is 2.09 bits per heavy atom.